The van der Waals surface area contributed by atoms with Gasteiger partial charge >= 0.3 is 0 Å². The van der Waals surface area contributed by atoms with Crippen molar-refractivity contribution in [2.45, 2.75) is 26.2 Å². The molecule has 5 heteroatoms. The van der Waals surface area contributed by atoms with Gasteiger partial charge in [0, 0.05) is 38.6 Å². The molecule has 1 aromatic carbocycles. The highest BCUT2D eigenvalue weighted by atomic mass is 16.5. The van der Waals surface area contributed by atoms with Gasteiger partial charge in [0.05, 0.1) is 0 Å². The molecule has 1 N–H and O–H groups in total. The van der Waals surface area contributed by atoms with E-state index in [1.165, 1.54) is 5.56 Å². The van der Waals surface area contributed by atoms with Crippen molar-refractivity contribution in [3.8, 4) is 11.6 Å². The van der Waals surface area contributed by atoms with Crippen LogP contribution < -0.4 is 15.0 Å². The van der Waals surface area contributed by atoms with Crippen LogP contribution in [0.3, 0.4) is 0 Å². The average molecular weight is 312 g/mol. The zero-order valence-corrected chi connectivity index (χ0v) is 14.0. The Morgan fingerprint density at radius 1 is 1.00 bits per heavy atom. The Morgan fingerprint density at radius 2 is 1.65 bits per heavy atom. The summed E-state index contributed by atoms with van der Waals surface area (Å²) in [6, 6.07) is 8.21. The van der Waals surface area contributed by atoms with E-state index >= 15 is 0 Å². The molecular weight excluding hydrogens is 288 g/mol. The van der Waals surface area contributed by atoms with Crippen molar-refractivity contribution in [1.29, 1.82) is 0 Å². The maximum Gasteiger partial charge on any atom is 0.263 e. The molecule has 0 atom stereocenters. The number of anilines is 1. The summed E-state index contributed by atoms with van der Waals surface area (Å²) < 4.78 is 5.99. The molecule has 0 saturated carbocycles. The largest absolute Gasteiger partial charge is 0.436 e. The minimum absolute atomic E-state index is 0.136. The Kier molecular flexibility index (Phi) is 4.48. The van der Waals surface area contributed by atoms with Crippen LogP contribution in [0.2, 0.25) is 0 Å². The molecule has 0 bridgehead atoms. The lowest BCUT2D eigenvalue weighted by atomic mass is 9.87. The molecule has 0 radical (unpaired) electrons. The van der Waals surface area contributed by atoms with Crippen LogP contribution >= 0.6 is 0 Å². The van der Waals surface area contributed by atoms with Crippen LogP contribution in [-0.4, -0.2) is 36.1 Å². The quantitative estimate of drug-likeness (QED) is 0.944. The van der Waals surface area contributed by atoms with Gasteiger partial charge < -0.3 is 15.0 Å². The van der Waals surface area contributed by atoms with Gasteiger partial charge in [0.1, 0.15) is 5.75 Å². The summed E-state index contributed by atoms with van der Waals surface area (Å²) in [6.07, 6.45) is 3.39. The van der Waals surface area contributed by atoms with Crippen molar-refractivity contribution >= 4 is 5.82 Å². The number of nitrogens with zero attached hydrogens (tertiary/aromatic N) is 3. The number of rotatable bonds is 3. The van der Waals surface area contributed by atoms with Crippen molar-refractivity contribution in [3.05, 3.63) is 42.2 Å². The van der Waals surface area contributed by atoms with E-state index in [4.69, 9.17) is 4.74 Å². The monoisotopic (exact) mass is 312 g/mol. The first kappa shape index (κ1) is 15.7. The zero-order valence-electron chi connectivity index (χ0n) is 14.0. The molecule has 122 valence electrons. The summed E-state index contributed by atoms with van der Waals surface area (Å²) in [5.41, 5.74) is 1.42. The molecule has 1 aliphatic heterocycles. The fraction of sp³-hybridized carbons (Fsp3) is 0.444. The topological polar surface area (TPSA) is 50.3 Å². The molecule has 0 aliphatic carbocycles. The van der Waals surface area contributed by atoms with Gasteiger partial charge in [0.25, 0.3) is 5.88 Å². The molecule has 0 unspecified atom stereocenters. The van der Waals surface area contributed by atoms with Crippen LogP contribution in [0.25, 0.3) is 0 Å². The molecule has 23 heavy (non-hydrogen) atoms. The van der Waals surface area contributed by atoms with Gasteiger partial charge in [0.2, 0.25) is 0 Å². The molecule has 3 rings (SSSR count). The van der Waals surface area contributed by atoms with Gasteiger partial charge in [-0.05, 0) is 23.1 Å². The number of piperazine rings is 1. The van der Waals surface area contributed by atoms with E-state index in [1.807, 2.05) is 12.1 Å². The number of aromatic nitrogens is 2. The van der Waals surface area contributed by atoms with Crippen molar-refractivity contribution in [3.63, 3.8) is 0 Å². The summed E-state index contributed by atoms with van der Waals surface area (Å²) in [6.45, 7) is 10.3. The lowest BCUT2D eigenvalue weighted by Gasteiger charge is -2.28. The smallest absolute Gasteiger partial charge is 0.263 e. The lowest BCUT2D eigenvalue weighted by molar-refractivity contribution is 0.454. The predicted molar refractivity (Wildman–Crippen MR) is 92.3 cm³/mol. The van der Waals surface area contributed by atoms with Crippen LogP contribution in [-0.2, 0) is 5.41 Å². The molecular formula is C18H24N4O. The SMILES string of the molecule is CC(C)(C)c1ccc(Oc2nccnc2N2CCNCC2)cc1. The molecule has 2 aromatic rings. The van der Waals surface area contributed by atoms with Gasteiger partial charge in [-0.3, -0.25) is 0 Å². The number of hydrogen-bond donors (Lipinski definition) is 1. The van der Waals surface area contributed by atoms with Gasteiger partial charge in [-0.25, -0.2) is 9.97 Å². The summed E-state index contributed by atoms with van der Waals surface area (Å²) in [5.74, 6) is 2.17. The van der Waals surface area contributed by atoms with E-state index in [0.717, 1.165) is 37.7 Å². The van der Waals surface area contributed by atoms with Crippen LogP contribution in [0, 0.1) is 0 Å². The van der Waals surface area contributed by atoms with E-state index in [2.05, 4.69) is 53.1 Å². The molecule has 2 heterocycles. The Labute approximate surface area is 137 Å². The Morgan fingerprint density at radius 3 is 2.30 bits per heavy atom. The van der Waals surface area contributed by atoms with Crippen molar-refractivity contribution in [1.82, 2.24) is 15.3 Å². The van der Waals surface area contributed by atoms with E-state index in [-0.39, 0.29) is 5.41 Å². The first-order valence-electron chi connectivity index (χ1n) is 8.09. The molecule has 1 aromatic heterocycles. The molecule has 1 saturated heterocycles. The molecule has 5 nitrogen and oxygen atoms in total. The van der Waals surface area contributed by atoms with Crippen molar-refractivity contribution < 1.29 is 4.74 Å². The summed E-state index contributed by atoms with van der Waals surface area (Å²) >= 11 is 0. The van der Waals surface area contributed by atoms with Crippen molar-refractivity contribution in [2.24, 2.45) is 0 Å². The lowest BCUT2D eigenvalue weighted by Crippen LogP contribution is -2.44. The standard InChI is InChI=1S/C18H24N4O/c1-18(2,3)14-4-6-15(7-5-14)23-17-16(20-8-9-21-17)22-12-10-19-11-13-22/h4-9,19H,10-13H2,1-3H3. The van der Waals surface area contributed by atoms with E-state index < -0.39 is 0 Å². The van der Waals surface area contributed by atoms with E-state index in [9.17, 15) is 0 Å². The van der Waals surface area contributed by atoms with Crippen molar-refractivity contribution in [2.75, 3.05) is 31.1 Å². The second kappa shape index (κ2) is 6.54. The average Bonchev–Trinajstić information content (AvgIpc) is 2.56. The highest BCUT2D eigenvalue weighted by Gasteiger charge is 2.18. The first-order valence-corrected chi connectivity index (χ1v) is 8.09. The number of ether oxygens (including phenoxy) is 1. The van der Waals surface area contributed by atoms with Gasteiger partial charge in [-0.2, -0.15) is 0 Å². The highest BCUT2D eigenvalue weighted by Crippen LogP contribution is 2.30. The normalized spacial score (nSPS) is 15.5. The number of nitrogens with one attached hydrogen (secondary N) is 1. The number of benzene rings is 1. The van der Waals surface area contributed by atoms with Gasteiger partial charge in [0.15, 0.2) is 5.82 Å². The molecule has 1 fully saturated rings. The van der Waals surface area contributed by atoms with Crippen LogP contribution in [0.5, 0.6) is 11.6 Å². The second-order valence-electron chi connectivity index (χ2n) is 6.80. The fourth-order valence-corrected chi connectivity index (χ4v) is 2.62. The zero-order chi connectivity index (χ0) is 16.3. The van der Waals surface area contributed by atoms with Crippen LogP contribution in [0.15, 0.2) is 36.7 Å². The molecule has 0 spiro atoms. The van der Waals surface area contributed by atoms with E-state index in [1.54, 1.807) is 12.4 Å². The first-order chi connectivity index (χ1) is 11.0. The Hall–Kier alpha value is -2.14. The maximum absolute atomic E-state index is 5.99. The van der Waals surface area contributed by atoms with Crippen LogP contribution in [0.4, 0.5) is 5.82 Å². The van der Waals surface area contributed by atoms with Gasteiger partial charge in [-0.1, -0.05) is 32.9 Å². The third-order valence-corrected chi connectivity index (χ3v) is 4.00. The highest BCUT2D eigenvalue weighted by molar-refractivity contribution is 5.50. The fourth-order valence-electron chi connectivity index (χ4n) is 2.62. The third kappa shape index (κ3) is 3.79. The minimum Gasteiger partial charge on any atom is -0.436 e. The Bertz CT molecular complexity index is 643. The Balaban J connectivity index is 1.80. The third-order valence-electron chi connectivity index (χ3n) is 4.00. The summed E-state index contributed by atoms with van der Waals surface area (Å²) in [7, 11) is 0. The summed E-state index contributed by atoms with van der Waals surface area (Å²) in [4.78, 5) is 11.1. The minimum atomic E-state index is 0.136. The van der Waals surface area contributed by atoms with Crippen LogP contribution in [0.1, 0.15) is 26.3 Å². The summed E-state index contributed by atoms with van der Waals surface area (Å²) in [5, 5.41) is 3.34. The van der Waals surface area contributed by atoms with E-state index in [0.29, 0.717) is 5.88 Å². The second-order valence-corrected chi connectivity index (χ2v) is 6.80. The maximum atomic E-state index is 5.99. The predicted octanol–water partition coefficient (Wildman–Crippen LogP) is 2.98. The number of hydrogen-bond acceptors (Lipinski definition) is 5. The molecule has 1 aliphatic rings. The van der Waals surface area contributed by atoms with Gasteiger partial charge in [-0.15, -0.1) is 0 Å². The molecule has 0 amide bonds.